The highest BCUT2D eigenvalue weighted by Gasteiger charge is 2.21. The van der Waals surface area contributed by atoms with E-state index < -0.39 is 62.2 Å². The SMILES string of the molecule is O=S(=O)(O)c1ccc(S(=O)(=O)O)c(N=NC(=NNc2cc(S(=O)(=O)O)cc(Nc3nc(Cl)nc(Cl)n3)c2O)c2ccccc2)c1. The third-order valence-corrected chi connectivity index (χ3v) is 8.20. The Kier molecular flexibility index (Phi) is 9.65. The summed E-state index contributed by atoms with van der Waals surface area (Å²) in [5, 5.41) is 24.1. The summed E-state index contributed by atoms with van der Waals surface area (Å²) >= 11 is 11.5. The maximum Gasteiger partial charge on any atom is 0.296 e. The van der Waals surface area contributed by atoms with E-state index in [-0.39, 0.29) is 33.6 Å². The van der Waals surface area contributed by atoms with Crippen LogP contribution in [0.15, 0.2) is 90.7 Å². The fourth-order valence-corrected chi connectivity index (χ4v) is 5.34. The molecule has 18 nitrogen and oxygen atoms in total. The van der Waals surface area contributed by atoms with Gasteiger partial charge >= 0.3 is 0 Å². The van der Waals surface area contributed by atoms with Crippen molar-refractivity contribution in [2.75, 3.05) is 10.7 Å². The minimum atomic E-state index is -4.96. The first-order chi connectivity index (χ1) is 20.9. The van der Waals surface area contributed by atoms with Crippen LogP contribution < -0.4 is 10.7 Å². The number of aromatic nitrogens is 3. The van der Waals surface area contributed by atoms with Gasteiger partial charge in [-0.05, 0) is 53.5 Å². The molecule has 23 heteroatoms. The first kappa shape index (κ1) is 33.5. The molecule has 0 bridgehead atoms. The van der Waals surface area contributed by atoms with Gasteiger partial charge in [0.2, 0.25) is 22.4 Å². The van der Waals surface area contributed by atoms with Crippen molar-refractivity contribution in [2.24, 2.45) is 15.3 Å². The van der Waals surface area contributed by atoms with Gasteiger partial charge in [0.15, 0.2) is 5.75 Å². The molecule has 0 aliphatic carbocycles. The Morgan fingerprint density at radius 2 is 1.33 bits per heavy atom. The molecule has 4 aromatic rings. The van der Waals surface area contributed by atoms with Crippen LogP contribution in [0.3, 0.4) is 0 Å². The number of hydrazone groups is 1. The Balaban J connectivity index is 1.83. The molecule has 0 amide bonds. The normalized spacial score (nSPS) is 12.8. The summed E-state index contributed by atoms with van der Waals surface area (Å²) in [5.41, 5.74) is 1.00. The average molecular weight is 720 g/mol. The van der Waals surface area contributed by atoms with Crippen LogP contribution in [0.1, 0.15) is 5.56 Å². The number of amidine groups is 1. The highest BCUT2D eigenvalue weighted by molar-refractivity contribution is 7.86. The summed E-state index contributed by atoms with van der Waals surface area (Å²) in [6, 6.07) is 11.3. The number of nitrogens with zero attached hydrogens (tertiary/aromatic N) is 6. The van der Waals surface area contributed by atoms with Gasteiger partial charge in [-0.1, -0.05) is 30.3 Å². The highest BCUT2D eigenvalue weighted by Crippen LogP contribution is 2.37. The zero-order valence-electron chi connectivity index (χ0n) is 21.7. The van der Waals surface area contributed by atoms with Gasteiger partial charge in [0.1, 0.15) is 16.3 Å². The number of halogens is 2. The monoisotopic (exact) mass is 718 g/mol. The Morgan fingerprint density at radius 1 is 0.733 bits per heavy atom. The number of azo groups is 1. The largest absolute Gasteiger partial charge is 0.504 e. The summed E-state index contributed by atoms with van der Waals surface area (Å²) in [6.07, 6.45) is 0. The quantitative estimate of drug-likeness (QED) is 0.0357. The summed E-state index contributed by atoms with van der Waals surface area (Å²) in [7, 11) is -14.7. The molecule has 1 heterocycles. The Hall–Kier alpha value is -4.35. The van der Waals surface area contributed by atoms with Crippen molar-refractivity contribution in [2.45, 2.75) is 14.7 Å². The van der Waals surface area contributed by atoms with E-state index >= 15 is 0 Å². The molecule has 3 aromatic carbocycles. The number of hydrogen-bond donors (Lipinski definition) is 6. The second-order valence-electron chi connectivity index (χ2n) is 8.36. The lowest BCUT2D eigenvalue weighted by Gasteiger charge is -2.13. The number of hydrogen-bond acceptors (Lipinski definition) is 14. The number of aromatic hydroxyl groups is 1. The lowest BCUT2D eigenvalue weighted by molar-refractivity contribution is 0.475. The predicted octanol–water partition coefficient (Wildman–Crippen LogP) is 3.93. The fraction of sp³-hybridized carbons (Fsp3) is 0. The molecule has 0 saturated carbocycles. The average Bonchev–Trinajstić information content (AvgIpc) is 2.93. The summed E-state index contributed by atoms with van der Waals surface area (Å²) in [4.78, 5) is 8.66. The lowest BCUT2D eigenvalue weighted by Crippen LogP contribution is -2.06. The lowest BCUT2D eigenvalue weighted by atomic mass is 10.2. The second-order valence-corrected chi connectivity index (χ2v) is 13.3. The van der Waals surface area contributed by atoms with E-state index in [1.165, 1.54) is 12.1 Å². The number of rotatable bonds is 9. The number of phenols is 1. The summed E-state index contributed by atoms with van der Waals surface area (Å²) in [6.45, 7) is 0. The second kappa shape index (κ2) is 12.9. The maximum atomic E-state index is 12.0. The van der Waals surface area contributed by atoms with Crippen molar-refractivity contribution in [1.82, 2.24) is 15.0 Å². The Labute approximate surface area is 263 Å². The first-order valence-corrected chi connectivity index (χ1v) is 16.6. The smallest absolute Gasteiger partial charge is 0.296 e. The van der Waals surface area contributed by atoms with Crippen molar-refractivity contribution in [3.63, 3.8) is 0 Å². The van der Waals surface area contributed by atoms with Crippen LogP contribution in [0.4, 0.5) is 23.0 Å². The van der Waals surface area contributed by atoms with Gasteiger partial charge < -0.3 is 10.4 Å². The number of nitrogens with one attached hydrogen (secondary N) is 2. The van der Waals surface area contributed by atoms with E-state index in [1.54, 1.807) is 18.2 Å². The topological polar surface area (TPSA) is 283 Å². The molecule has 0 fully saturated rings. The molecule has 0 saturated heterocycles. The molecule has 0 atom stereocenters. The first-order valence-electron chi connectivity index (χ1n) is 11.5. The number of benzene rings is 3. The van der Waals surface area contributed by atoms with Crippen LogP contribution in [0.2, 0.25) is 10.6 Å². The molecule has 0 aliphatic rings. The molecule has 0 aliphatic heterocycles. The standard InChI is InChI=1S/C22H16Cl2N8O10S3/c23-20-26-21(24)28-22(27-20)25-15-9-13(44(37,38)39)10-16(18(15)33)30-32-19(11-4-2-1-3-5-11)31-29-14-8-12(43(34,35)36)6-7-17(14)45(40,41)42/h1-10,30,33H,(H,34,35,36)(H,37,38,39)(H,40,41,42)(H,25,26,27,28). The molecule has 6 N–H and O–H groups in total. The van der Waals surface area contributed by atoms with E-state index in [1.807, 2.05) is 0 Å². The Bertz CT molecular complexity index is 2170. The molecule has 4 rings (SSSR count). The van der Waals surface area contributed by atoms with Crippen LogP contribution in [-0.4, -0.2) is 64.8 Å². The molecule has 0 unspecified atom stereocenters. The molecular weight excluding hydrogens is 703 g/mol. The highest BCUT2D eigenvalue weighted by atomic mass is 35.5. The zero-order valence-corrected chi connectivity index (χ0v) is 25.6. The van der Waals surface area contributed by atoms with Crippen LogP contribution in [0.5, 0.6) is 5.75 Å². The molecule has 236 valence electrons. The van der Waals surface area contributed by atoms with Gasteiger partial charge in [0.25, 0.3) is 30.4 Å². The van der Waals surface area contributed by atoms with E-state index in [0.717, 1.165) is 12.1 Å². The van der Waals surface area contributed by atoms with Gasteiger partial charge in [-0.25, -0.2) is 0 Å². The van der Waals surface area contributed by atoms with Crippen molar-refractivity contribution >= 4 is 82.4 Å². The summed E-state index contributed by atoms with van der Waals surface area (Å²) < 4.78 is 99.5. The molecule has 1 aromatic heterocycles. The predicted molar refractivity (Wildman–Crippen MR) is 158 cm³/mol. The van der Waals surface area contributed by atoms with Gasteiger partial charge in [-0.3, -0.25) is 19.1 Å². The van der Waals surface area contributed by atoms with Crippen molar-refractivity contribution in [1.29, 1.82) is 0 Å². The van der Waals surface area contributed by atoms with Crippen molar-refractivity contribution in [3.05, 3.63) is 76.8 Å². The van der Waals surface area contributed by atoms with Gasteiger partial charge in [0.05, 0.1) is 15.5 Å². The van der Waals surface area contributed by atoms with Crippen LogP contribution >= 0.6 is 23.2 Å². The summed E-state index contributed by atoms with van der Waals surface area (Å²) in [5.74, 6) is -1.38. The third-order valence-electron chi connectivity index (χ3n) is 5.28. The van der Waals surface area contributed by atoms with Crippen LogP contribution in [0.25, 0.3) is 0 Å². The maximum absolute atomic E-state index is 12.0. The van der Waals surface area contributed by atoms with Gasteiger partial charge in [-0.2, -0.15) is 45.3 Å². The minimum Gasteiger partial charge on any atom is -0.504 e. The Morgan fingerprint density at radius 3 is 1.91 bits per heavy atom. The van der Waals surface area contributed by atoms with Gasteiger partial charge in [-0.15, -0.1) is 10.2 Å². The molecule has 0 spiro atoms. The third kappa shape index (κ3) is 8.64. The molecular formula is C22H16Cl2N8O10S3. The van der Waals surface area contributed by atoms with Crippen LogP contribution in [0, 0.1) is 0 Å². The zero-order chi connectivity index (χ0) is 33.2. The van der Waals surface area contributed by atoms with E-state index in [2.05, 4.69) is 41.0 Å². The minimum absolute atomic E-state index is 0.200. The van der Waals surface area contributed by atoms with E-state index in [9.17, 15) is 44.0 Å². The van der Waals surface area contributed by atoms with Crippen molar-refractivity contribution in [3.8, 4) is 5.75 Å². The number of anilines is 3. The van der Waals surface area contributed by atoms with E-state index in [0.29, 0.717) is 18.2 Å². The van der Waals surface area contributed by atoms with Crippen molar-refractivity contribution < 1.29 is 44.0 Å². The van der Waals surface area contributed by atoms with Gasteiger partial charge in [0, 0.05) is 5.56 Å². The van der Waals surface area contributed by atoms with E-state index in [4.69, 9.17) is 23.2 Å². The number of phenolic OH excluding ortho intramolecular Hbond substituents is 1. The molecule has 0 radical (unpaired) electrons. The van der Waals surface area contributed by atoms with Crippen LogP contribution in [-0.2, 0) is 30.4 Å². The molecule has 45 heavy (non-hydrogen) atoms. The fourth-order valence-electron chi connectivity index (χ4n) is 3.34.